The van der Waals surface area contributed by atoms with Crippen molar-refractivity contribution in [1.82, 2.24) is 10.2 Å². The van der Waals surface area contributed by atoms with Crippen LogP contribution in [0.25, 0.3) is 0 Å². The number of carbonyl (C=O) groups excluding carboxylic acids is 2. The molecule has 2 aliphatic heterocycles. The van der Waals surface area contributed by atoms with Crippen molar-refractivity contribution in [3.8, 4) is 0 Å². The molecule has 0 radical (unpaired) electrons. The third-order valence-corrected chi connectivity index (χ3v) is 6.90. The highest BCUT2D eigenvalue weighted by Gasteiger charge is 2.42. The molecule has 0 spiro atoms. The zero-order valence-electron chi connectivity index (χ0n) is 19.0. The Hall–Kier alpha value is -3.78. The van der Waals surface area contributed by atoms with Crippen LogP contribution in [0.2, 0.25) is 0 Å². The lowest BCUT2D eigenvalue weighted by Crippen LogP contribution is -2.43. The molecule has 0 saturated carbocycles. The van der Waals surface area contributed by atoms with Gasteiger partial charge in [0.15, 0.2) is 5.17 Å². The first-order valence-electron chi connectivity index (χ1n) is 11.3. The van der Waals surface area contributed by atoms with Gasteiger partial charge in [0.2, 0.25) is 5.91 Å². The van der Waals surface area contributed by atoms with Gasteiger partial charge in [0.25, 0.3) is 5.91 Å². The number of aliphatic imine (C=N–C) groups is 2. The predicted molar refractivity (Wildman–Crippen MR) is 136 cm³/mol. The standard InChI is InChI=1S/C27H23FN4O2S/c1-17(25(33)29-16-19-11-13-20(28)14-12-19)35-27-31-22-10-6-5-9-21(22)24-30-23(26(34)32(24)27)15-18-7-3-2-4-8-18/h2-14,17,23H,15-16H2,1H3,(H,29,33)/t17-,23-/m0/s1. The minimum atomic E-state index is -0.549. The van der Waals surface area contributed by atoms with Gasteiger partial charge in [-0.3, -0.25) is 14.6 Å². The van der Waals surface area contributed by atoms with E-state index in [9.17, 15) is 14.0 Å². The van der Waals surface area contributed by atoms with Crippen molar-refractivity contribution >= 4 is 40.3 Å². The number of para-hydroxylation sites is 1. The fourth-order valence-electron chi connectivity index (χ4n) is 4.00. The fraction of sp³-hybridized carbons (Fsp3) is 0.185. The molecule has 0 saturated heterocycles. The van der Waals surface area contributed by atoms with E-state index in [-0.39, 0.29) is 24.2 Å². The van der Waals surface area contributed by atoms with Crippen LogP contribution in [0.5, 0.6) is 0 Å². The predicted octanol–water partition coefficient (Wildman–Crippen LogP) is 4.47. The number of fused-ring (bicyclic) bond motifs is 3. The first-order valence-corrected chi connectivity index (χ1v) is 12.2. The minimum Gasteiger partial charge on any atom is -0.351 e. The lowest BCUT2D eigenvalue weighted by Gasteiger charge is -2.27. The van der Waals surface area contributed by atoms with Gasteiger partial charge in [0.1, 0.15) is 17.7 Å². The number of hydrogen-bond acceptors (Lipinski definition) is 5. The van der Waals surface area contributed by atoms with E-state index in [0.717, 1.165) is 22.4 Å². The van der Waals surface area contributed by atoms with E-state index >= 15 is 0 Å². The first-order chi connectivity index (χ1) is 17.0. The molecular weight excluding hydrogens is 463 g/mol. The van der Waals surface area contributed by atoms with Gasteiger partial charge in [-0.2, -0.15) is 0 Å². The third kappa shape index (κ3) is 4.88. The normalized spacial score (nSPS) is 17.3. The van der Waals surface area contributed by atoms with E-state index in [1.165, 1.54) is 23.9 Å². The lowest BCUT2D eigenvalue weighted by atomic mass is 10.1. The molecule has 2 amide bonds. The number of thioether (sulfide) groups is 1. The topological polar surface area (TPSA) is 74.1 Å². The Labute approximate surface area is 207 Å². The zero-order valence-corrected chi connectivity index (χ0v) is 19.8. The summed E-state index contributed by atoms with van der Waals surface area (Å²) in [5.41, 5.74) is 3.35. The molecule has 0 bridgehead atoms. The summed E-state index contributed by atoms with van der Waals surface area (Å²) in [7, 11) is 0. The summed E-state index contributed by atoms with van der Waals surface area (Å²) >= 11 is 1.22. The number of carbonyl (C=O) groups is 2. The van der Waals surface area contributed by atoms with Gasteiger partial charge >= 0.3 is 0 Å². The molecule has 5 rings (SSSR count). The summed E-state index contributed by atoms with van der Waals surface area (Å²) in [6.45, 7) is 2.06. The lowest BCUT2D eigenvalue weighted by molar-refractivity contribution is -0.124. The molecule has 8 heteroatoms. The zero-order chi connectivity index (χ0) is 24.4. The van der Waals surface area contributed by atoms with Crippen molar-refractivity contribution in [1.29, 1.82) is 0 Å². The average molecular weight is 487 g/mol. The Morgan fingerprint density at radius 3 is 2.51 bits per heavy atom. The van der Waals surface area contributed by atoms with E-state index in [0.29, 0.717) is 17.4 Å². The van der Waals surface area contributed by atoms with Crippen LogP contribution in [0, 0.1) is 5.82 Å². The second-order valence-corrected chi connectivity index (χ2v) is 9.66. The van der Waals surface area contributed by atoms with Crippen LogP contribution in [-0.2, 0) is 22.6 Å². The van der Waals surface area contributed by atoms with Gasteiger partial charge in [-0.05, 0) is 42.3 Å². The maximum Gasteiger partial charge on any atom is 0.259 e. The van der Waals surface area contributed by atoms with E-state index in [1.807, 2.05) is 54.6 Å². The maximum absolute atomic E-state index is 13.4. The molecule has 0 unspecified atom stereocenters. The van der Waals surface area contributed by atoms with Gasteiger partial charge in [0, 0.05) is 18.5 Å². The van der Waals surface area contributed by atoms with Crippen LogP contribution in [0.3, 0.4) is 0 Å². The molecule has 0 aliphatic carbocycles. The van der Waals surface area contributed by atoms with Crippen molar-refractivity contribution in [3.05, 3.63) is 101 Å². The molecular formula is C27H23FN4O2S. The second-order valence-electron chi connectivity index (χ2n) is 8.35. The number of benzene rings is 3. The fourth-order valence-corrected chi connectivity index (χ4v) is 4.94. The second kappa shape index (κ2) is 9.84. The Morgan fingerprint density at radius 2 is 1.74 bits per heavy atom. The van der Waals surface area contributed by atoms with E-state index < -0.39 is 11.3 Å². The van der Waals surface area contributed by atoms with Crippen LogP contribution in [0.15, 0.2) is 88.8 Å². The summed E-state index contributed by atoms with van der Waals surface area (Å²) in [5, 5.41) is 2.79. The number of rotatable bonds is 6. The molecule has 0 fully saturated rings. The van der Waals surface area contributed by atoms with Gasteiger partial charge in [-0.1, -0.05) is 66.4 Å². The molecule has 3 aromatic rings. The largest absolute Gasteiger partial charge is 0.351 e. The Morgan fingerprint density at radius 1 is 1.03 bits per heavy atom. The average Bonchev–Trinajstić information content (AvgIpc) is 3.20. The summed E-state index contributed by atoms with van der Waals surface area (Å²) in [6, 6.07) is 22.8. The Bertz CT molecular complexity index is 1320. The van der Waals surface area contributed by atoms with Crippen molar-refractivity contribution in [3.63, 3.8) is 0 Å². The van der Waals surface area contributed by atoms with Gasteiger partial charge in [-0.25, -0.2) is 14.3 Å². The molecule has 0 aromatic heterocycles. The van der Waals surface area contributed by atoms with E-state index in [1.54, 1.807) is 24.0 Å². The molecule has 3 aromatic carbocycles. The third-order valence-electron chi connectivity index (χ3n) is 5.85. The number of amidine groups is 2. The quantitative estimate of drug-likeness (QED) is 0.559. The first kappa shape index (κ1) is 23.0. The Balaban J connectivity index is 1.34. The van der Waals surface area contributed by atoms with Crippen LogP contribution in [0.4, 0.5) is 10.1 Å². The van der Waals surface area contributed by atoms with Crippen molar-refractivity contribution in [2.24, 2.45) is 9.98 Å². The van der Waals surface area contributed by atoms with Crippen molar-refractivity contribution in [2.45, 2.75) is 31.2 Å². The van der Waals surface area contributed by atoms with Gasteiger partial charge < -0.3 is 5.32 Å². The highest BCUT2D eigenvalue weighted by molar-refractivity contribution is 8.15. The maximum atomic E-state index is 13.4. The molecule has 2 aliphatic rings. The molecule has 1 N–H and O–H groups in total. The highest BCUT2D eigenvalue weighted by atomic mass is 32.2. The van der Waals surface area contributed by atoms with Gasteiger partial charge in [-0.15, -0.1) is 0 Å². The molecule has 6 nitrogen and oxygen atoms in total. The van der Waals surface area contributed by atoms with Crippen molar-refractivity contribution < 1.29 is 14.0 Å². The molecule has 35 heavy (non-hydrogen) atoms. The summed E-state index contributed by atoms with van der Waals surface area (Å²) in [6.07, 6.45) is 0.494. The SMILES string of the molecule is C[C@H](SC1=Nc2ccccc2C2=N[C@@H](Cc3ccccc3)C(=O)N12)C(=O)NCc1ccc(F)cc1. The van der Waals surface area contributed by atoms with Crippen LogP contribution in [0.1, 0.15) is 23.6 Å². The van der Waals surface area contributed by atoms with E-state index in [2.05, 4.69) is 5.32 Å². The number of amides is 2. The highest BCUT2D eigenvalue weighted by Crippen LogP contribution is 2.35. The molecule has 2 atom stereocenters. The Kier molecular flexibility index (Phi) is 6.46. The number of nitrogens with zero attached hydrogens (tertiary/aromatic N) is 3. The molecule has 2 heterocycles. The smallest absolute Gasteiger partial charge is 0.259 e. The van der Waals surface area contributed by atoms with Crippen LogP contribution in [-0.4, -0.2) is 39.0 Å². The minimum absolute atomic E-state index is 0.150. The van der Waals surface area contributed by atoms with Gasteiger partial charge in [0.05, 0.1) is 10.9 Å². The summed E-state index contributed by atoms with van der Waals surface area (Å²) in [5.74, 6) is -0.101. The number of nitrogens with one attached hydrogen (secondary N) is 1. The van der Waals surface area contributed by atoms with E-state index in [4.69, 9.17) is 9.98 Å². The van der Waals surface area contributed by atoms with Crippen LogP contribution >= 0.6 is 11.8 Å². The van der Waals surface area contributed by atoms with Crippen LogP contribution < -0.4 is 5.32 Å². The number of halogens is 1. The molecule has 176 valence electrons. The monoisotopic (exact) mass is 486 g/mol. The number of hydrogen-bond donors (Lipinski definition) is 1. The van der Waals surface area contributed by atoms with Crippen molar-refractivity contribution in [2.75, 3.05) is 0 Å². The summed E-state index contributed by atoms with van der Waals surface area (Å²) < 4.78 is 13.1. The summed E-state index contributed by atoms with van der Waals surface area (Å²) in [4.78, 5) is 37.3.